The van der Waals surface area contributed by atoms with Crippen molar-refractivity contribution in [2.45, 2.75) is 113 Å². The van der Waals surface area contributed by atoms with Crippen molar-refractivity contribution in [2.75, 3.05) is 20.3 Å². The predicted molar refractivity (Wildman–Crippen MR) is 223 cm³/mol. The first kappa shape index (κ1) is 41.4. The quantitative estimate of drug-likeness (QED) is 0.0808. The number of phenolic OH excluding ortho intramolecular Hbond substituents is 2. The molecule has 0 aliphatic heterocycles. The van der Waals surface area contributed by atoms with Crippen molar-refractivity contribution in [3.63, 3.8) is 0 Å². The number of aromatic hydroxyl groups is 2. The number of aromatic nitrogens is 4. The summed E-state index contributed by atoms with van der Waals surface area (Å²) in [5, 5.41) is 24.3. The molecule has 9 nitrogen and oxygen atoms in total. The lowest BCUT2D eigenvalue weighted by Crippen LogP contribution is -2.11. The molecule has 0 bridgehead atoms. The van der Waals surface area contributed by atoms with Crippen LogP contribution in [0.25, 0.3) is 45.1 Å². The molecule has 5 aromatic rings. The first-order valence-electron chi connectivity index (χ1n) is 20.4. The molecular weight excluding hydrogens is 689 g/mol. The average molecular weight is 751 g/mol. The van der Waals surface area contributed by atoms with Crippen LogP contribution in [-0.2, 0) is 6.54 Å². The van der Waals surface area contributed by atoms with E-state index in [1.807, 2.05) is 38.1 Å². The van der Waals surface area contributed by atoms with Crippen LogP contribution in [0.4, 0.5) is 0 Å². The normalized spacial score (nSPS) is 12.2. The molecule has 0 saturated heterocycles. The van der Waals surface area contributed by atoms with Crippen molar-refractivity contribution in [1.82, 2.24) is 19.5 Å². The third-order valence-electron chi connectivity index (χ3n) is 11.5. The molecule has 0 spiro atoms. The Balaban J connectivity index is 1.69. The number of nitrogens with zero attached hydrogens (tertiary/aromatic N) is 4. The Bertz CT molecular complexity index is 1940. The second kappa shape index (κ2) is 19.2. The van der Waals surface area contributed by atoms with E-state index in [0.717, 1.165) is 73.7 Å². The van der Waals surface area contributed by atoms with E-state index in [4.69, 9.17) is 29.2 Å². The Morgan fingerprint density at radius 1 is 0.636 bits per heavy atom. The van der Waals surface area contributed by atoms with E-state index in [0.29, 0.717) is 70.5 Å². The molecule has 0 amide bonds. The minimum Gasteiger partial charge on any atom is -0.507 e. The van der Waals surface area contributed by atoms with Crippen molar-refractivity contribution in [2.24, 2.45) is 17.8 Å². The Labute approximate surface area is 328 Å². The van der Waals surface area contributed by atoms with E-state index in [9.17, 15) is 10.2 Å². The van der Waals surface area contributed by atoms with Crippen LogP contribution in [0.5, 0.6) is 28.7 Å². The SMILES string of the molecule is CCCCC(CC)Cn1cc(-c2nc(-c3ccc(OCC(CC)CC)c(C)c3O)nc(-c3ccc(OCC(CC)CC)c(C)c3O)n2)c2cc(OC)ccc21. The van der Waals surface area contributed by atoms with Crippen LogP contribution in [0.15, 0.2) is 48.7 Å². The molecule has 1 atom stereocenters. The van der Waals surface area contributed by atoms with E-state index in [2.05, 4.69) is 58.4 Å². The number of unbranched alkanes of at least 4 members (excludes halogenated alkanes) is 1. The van der Waals surface area contributed by atoms with Crippen molar-refractivity contribution in [1.29, 1.82) is 0 Å². The monoisotopic (exact) mass is 750 g/mol. The topological polar surface area (TPSA) is 112 Å². The van der Waals surface area contributed by atoms with Crippen molar-refractivity contribution >= 4 is 10.9 Å². The zero-order valence-corrected chi connectivity index (χ0v) is 34.5. The summed E-state index contributed by atoms with van der Waals surface area (Å²) < 4.78 is 20.4. The summed E-state index contributed by atoms with van der Waals surface area (Å²) in [5.41, 5.74) is 4.00. The second-order valence-corrected chi connectivity index (χ2v) is 15.0. The number of hydrogen-bond donors (Lipinski definition) is 2. The number of phenols is 2. The largest absolute Gasteiger partial charge is 0.507 e. The number of fused-ring (bicyclic) bond motifs is 1. The van der Waals surface area contributed by atoms with Gasteiger partial charge in [-0.25, -0.2) is 15.0 Å². The Hall–Kier alpha value is -4.79. The van der Waals surface area contributed by atoms with Gasteiger partial charge in [0, 0.05) is 40.3 Å². The van der Waals surface area contributed by atoms with Gasteiger partial charge in [-0.05, 0) is 80.5 Å². The number of benzene rings is 3. The zero-order chi connectivity index (χ0) is 39.6. The smallest absolute Gasteiger partial charge is 0.167 e. The third-order valence-corrected chi connectivity index (χ3v) is 11.5. The number of ether oxygens (including phenoxy) is 3. The molecule has 2 N–H and O–H groups in total. The number of rotatable bonds is 20. The van der Waals surface area contributed by atoms with E-state index < -0.39 is 0 Å². The van der Waals surface area contributed by atoms with Crippen molar-refractivity contribution in [3.8, 4) is 62.9 Å². The zero-order valence-electron chi connectivity index (χ0n) is 34.5. The summed E-state index contributed by atoms with van der Waals surface area (Å²) in [4.78, 5) is 15.0. The van der Waals surface area contributed by atoms with E-state index in [1.165, 1.54) is 6.42 Å². The van der Waals surface area contributed by atoms with Crippen LogP contribution in [-0.4, -0.2) is 50.1 Å². The molecule has 2 heterocycles. The molecule has 0 aliphatic rings. The Morgan fingerprint density at radius 3 is 1.58 bits per heavy atom. The fourth-order valence-corrected chi connectivity index (χ4v) is 7.17. The minimum atomic E-state index is 0.0431. The maximum Gasteiger partial charge on any atom is 0.167 e. The van der Waals surface area contributed by atoms with Crippen LogP contribution < -0.4 is 14.2 Å². The Kier molecular flexibility index (Phi) is 14.4. The average Bonchev–Trinajstić information content (AvgIpc) is 3.57. The van der Waals surface area contributed by atoms with Gasteiger partial charge in [0.15, 0.2) is 17.5 Å². The van der Waals surface area contributed by atoms with Gasteiger partial charge in [0.25, 0.3) is 0 Å². The highest BCUT2D eigenvalue weighted by molar-refractivity contribution is 5.96. The molecule has 5 rings (SSSR count). The van der Waals surface area contributed by atoms with Crippen molar-refractivity contribution < 1.29 is 24.4 Å². The lowest BCUT2D eigenvalue weighted by Gasteiger charge is -2.18. The van der Waals surface area contributed by atoms with Gasteiger partial charge in [0.05, 0.1) is 31.5 Å². The van der Waals surface area contributed by atoms with Gasteiger partial charge in [-0.2, -0.15) is 0 Å². The maximum absolute atomic E-state index is 11.7. The molecule has 296 valence electrons. The second-order valence-electron chi connectivity index (χ2n) is 15.0. The van der Waals surface area contributed by atoms with Crippen LogP contribution in [0.1, 0.15) is 104 Å². The standard InChI is InChI=1S/C46H62N4O5/c1-10-16-17-33(15-6)25-50-26-38(37-24-34(53-9)18-21-39(37)50)46-48-44(35-19-22-40(29(7)42(35)51)54-27-31(11-2)12-3)47-45(49-46)36-20-23-41(30(8)43(36)52)55-28-32(13-4)14-5/h18-24,26,31-33,51-52H,10-17,25,27-28H2,1-9H3. The number of hydrogen-bond acceptors (Lipinski definition) is 8. The van der Waals surface area contributed by atoms with E-state index in [1.54, 1.807) is 19.2 Å². The molecule has 9 heteroatoms. The first-order chi connectivity index (χ1) is 26.6. The molecule has 2 aromatic heterocycles. The molecule has 1 unspecified atom stereocenters. The van der Waals surface area contributed by atoms with Crippen LogP contribution in [0.3, 0.4) is 0 Å². The number of methoxy groups -OCH3 is 1. The summed E-state index contributed by atoms with van der Waals surface area (Å²) >= 11 is 0. The fourth-order valence-electron chi connectivity index (χ4n) is 7.17. The van der Waals surface area contributed by atoms with Crippen LogP contribution in [0, 0.1) is 31.6 Å². The van der Waals surface area contributed by atoms with Gasteiger partial charge in [0.2, 0.25) is 0 Å². The lowest BCUT2D eigenvalue weighted by atomic mass is 9.99. The summed E-state index contributed by atoms with van der Waals surface area (Å²) in [6, 6.07) is 13.5. The van der Waals surface area contributed by atoms with Gasteiger partial charge in [-0.3, -0.25) is 0 Å². The molecule has 0 fully saturated rings. The molecule has 3 aromatic carbocycles. The van der Waals surface area contributed by atoms with Gasteiger partial charge < -0.3 is 29.0 Å². The molecule has 0 aliphatic carbocycles. The van der Waals surface area contributed by atoms with Gasteiger partial charge >= 0.3 is 0 Å². The van der Waals surface area contributed by atoms with Gasteiger partial charge in [-0.1, -0.05) is 86.5 Å². The fraction of sp³-hybridized carbons (Fsp3) is 0.500. The van der Waals surface area contributed by atoms with Gasteiger partial charge in [0.1, 0.15) is 28.7 Å². The molecule has 55 heavy (non-hydrogen) atoms. The molecule has 0 radical (unpaired) electrons. The van der Waals surface area contributed by atoms with E-state index >= 15 is 0 Å². The third kappa shape index (κ3) is 9.37. The van der Waals surface area contributed by atoms with Crippen molar-refractivity contribution in [3.05, 3.63) is 59.8 Å². The molecular formula is C46H62N4O5. The van der Waals surface area contributed by atoms with E-state index in [-0.39, 0.29) is 23.1 Å². The summed E-state index contributed by atoms with van der Waals surface area (Å²) in [5.74, 6) is 4.46. The van der Waals surface area contributed by atoms with Crippen LogP contribution >= 0.6 is 0 Å². The Morgan fingerprint density at radius 2 is 1.13 bits per heavy atom. The van der Waals surface area contributed by atoms with Gasteiger partial charge in [-0.15, -0.1) is 0 Å². The maximum atomic E-state index is 11.7. The highest BCUT2D eigenvalue weighted by Gasteiger charge is 2.23. The summed E-state index contributed by atoms with van der Waals surface area (Å²) in [7, 11) is 1.67. The molecule has 0 saturated carbocycles. The minimum absolute atomic E-state index is 0.0431. The highest BCUT2D eigenvalue weighted by Crippen LogP contribution is 2.41. The highest BCUT2D eigenvalue weighted by atomic mass is 16.5. The van der Waals surface area contributed by atoms with Crippen LogP contribution in [0.2, 0.25) is 0 Å². The summed E-state index contributed by atoms with van der Waals surface area (Å²) in [6.07, 6.45) is 10.8. The first-order valence-corrected chi connectivity index (χ1v) is 20.4. The summed E-state index contributed by atoms with van der Waals surface area (Å²) in [6.45, 7) is 18.9. The predicted octanol–water partition coefficient (Wildman–Crippen LogP) is 11.7. The lowest BCUT2D eigenvalue weighted by molar-refractivity contribution is 0.238.